The fraction of sp³-hybridized carbons (Fsp3) is 0.550. The third kappa shape index (κ3) is 5.46. The second-order valence-electron chi connectivity index (χ2n) is 7.44. The van der Waals surface area contributed by atoms with Gasteiger partial charge in [-0.25, -0.2) is 0 Å². The van der Waals surface area contributed by atoms with Gasteiger partial charge in [-0.1, -0.05) is 29.8 Å². The van der Waals surface area contributed by atoms with Crippen LogP contribution in [0.25, 0.3) is 6.08 Å². The van der Waals surface area contributed by atoms with Crippen molar-refractivity contribution in [2.24, 2.45) is 0 Å². The summed E-state index contributed by atoms with van der Waals surface area (Å²) < 4.78 is 5.79. The fourth-order valence-corrected chi connectivity index (χ4v) is 3.09. The smallest absolute Gasteiger partial charge is 0.244 e. The monoisotopic (exact) mass is 330 g/mol. The molecule has 1 amide bonds. The second-order valence-corrected chi connectivity index (χ2v) is 7.44. The second kappa shape index (κ2) is 7.95. The van der Waals surface area contributed by atoms with Crippen LogP contribution in [0.15, 0.2) is 30.3 Å². The van der Waals surface area contributed by atoms with Gasteiger partial charge in [-0.05, 0) is 46.3 Å². The minimum atomic E-state index is -0.0981. The van der Waals surface area contributed by atoms with Crippen LogP contribution in [0, 0.1) is 6.92 Å². The van der Waals surface area contributed by atoms with Gasteiger partial charge in [0, 0.05) is 31.2 Å². The van der Waals surface area contributed by atoms with Crippen molar-refractivity contribution in [1.29, 1.82) is 0 Å². The highest BCUT2D eigenvalue weighted by molar-refractivity contribution is 5.91. The maximum atomic E-state index is 12.1. The Labute approximate surface area is 145 Å². The van der Waals surface area contributed by atoms with E-state index in [4.69, 9.17) is 4.74 Å². The lowest BCUT2D eigenvalue weighted by molar-refractivity contribution is -0.118. The van der Waals surface area contributed by atoms with Gasteiger partial charge >= 0.3 is 0 Å². The minimum absolute atomic E-state index is 0.0565. The zero-order valence-electron chi connectivity index (χ0n) is 15.5. The van der Waals surface area contributed by atoms with Crippen molar-refractivity contribution in [1.82, 2.24) is 10.2 Å². The van der Waals surface area contributed by atoms with Crippen LogP contribution in [0.4, 0.5) is 0 Å². The number of carbonyl (C=O) groups is 1. The molecule has 1 aromatic carbocycles. The molecule has 24 heavy (non-hydrogen) atoms. The third-order valence-corrected chi connectivity index (χ3v) is 4.44. The van der Waals surface area contributed by atoms with E-state index >= 15 is 0 Å². The zero-order chi connectivity index (χ0) is 17.7. The van der Waals surface area contributed by atoms with Crippen LogP contribution in [0.3, 0.4) is 0 Å². The number of nitrogens with one attached hydrogen (secondary N) is 1. The molecule has 4 heteroatoms. The van der Waals surface area contributed by atoms with E-state index < -0.39 is 0 Å². The Morgan fingerprint density at radius 3 is 2.62 bits per heavy atom. The Bertz CT molecular complexity index is 585. The third-order valence-electron chi connectivity index (χ3n) is 4.44. The summed E-state index contributed by atoms with van der Waals surface area (Å²) in [6.07, 6.45) is 3.92. The number of rotatable bonds is 5. The van der Waals surface area contributed by atoms with Crippen LogP contribution >= 0.6 is 0 Å². The van der Waals surface area contributed by atoms with Crippen molar-refractivity contribution < 1.29 is 9.53 Å². The number of benzene rings is 1. The first kappa shape index (κ1) is 18.7. The summed E-state index contributed by atoms with van der Waals surface area (Å²) in [5.41, 5.74) is 2.13. The Morgan fingerprint density at radius 1 is 1.33 bits per heavy atom. The molecule has 2 atom stereocenters. The summed E-state index contributed by atoms with van der Waals surface area (Å²) in [6, 6.07) is 8.10. The first-order valence-electron chi connectivity index (χ1n) is 8.69. The van der Waals surface area contributed by atoms with Crippen molar-refractivity contribution in [3.63, 3.8) is 0 Å². The molecular formula is C20H30N2O2. The maximum Gasteiger partial charge on any atom is 0.244 e. The highest BCUT2D eigenvalue weighted by Gasteiger charge is 2.33. The molecule has 1 aliphatic rings. The van der Waals surface area contributed by atoms with E-state index in [1.807, 2.05) is 31.2 Å². The summed E-state index contributed by atoms with van der Waals surface area (Å²) in [5.74, 6) is -0.0565. The first-order valence-corrected chi connectivity index (χ1v) is 8.69. The highest BCUT2D eigenvalue weighted by atomic mass is 16.5. The van der Waals surface area contributed by atoms with Crippen LogP contribution < -0.4 is 5.32 Å². The average molecular weight is 330 g/mol. The van der Waals surface area contributed by atoms with Crippen molar-refractivity contribution in [3.8, 4) is 0 Å². The number of amides is 1. The van der Waals surface area contributed by atoms with Gasteiger partial charge < -0.3 is 10.1 Å². The number of hydrogen-bond acceptors (Lipinski definition) is 3. The molecule has 0 radical (unpaired) electrons. The first-order chi connectivity index (χ1) is 11.3. The molecule has 132 valence electrons. The molecule has 0 unspecified atom stereocenters. The predicted molar refractivity (Wildman–Crippen MR) is 98.9 cm³/mol. The molecule has 4 nitrogen and oxygen atoms in total. The predicted octanol–water partition coefficient (Wildman–Crippen LogP) is 3.01. The van der Waals surface area contributed by atoms with Gasteiger partial charge in [-0.2, -0.15) is 0 Å². The van der Waals surface area contributed by atoms with E-state index in [0.29, 0.717) is 6.54 Å². The van der Waals surface area contributed by atoms with Gasteiger partial charge in [-0.3, -0.25) is 9.69 Å². The average Bonchev–Trinajstić information content (AvgIpc) is 2.50. The minimum Gasteiger partial charge on any atom is -0.373 e. The number of aryl methyl sites for hydroxylation is 1. The van der Waals surface area contributed by atoms with Gasteiger partial charge in [0.25, 0.3) is 0 Å². The molecule has 0 saturated carbocycles. The van der Waals surface area contributed by atoms with E-state index in [0.717, 1.165) is 18.7 Å². The van der Waals surface area contributed by atoms with E-state index in [-0.39, 0.29) is 23.7 Å². The van der Waals surface area contributed by atoms with Crippen molar-refractivity contribution in [2.75, 3.05) is 19.6 Å². The maximum absolute atomic E-state index is 12.1. The molecule has 1 saturated heterocycles. The Balaban J connectivity index is 1.88. The lowest BCUT2D eigenvalue weighted by atomic mass is 10.00. The van der Waals surface area contributed by atoms with Crippen LogP contribution in [0.5, 0.6) is 0 Å². The summed E-state index contributed by atoms with van der Waals surface area (Å²) in [6.45, 7) is 13.0. The molecule has 2 rings (SSSR count). The number of ether oxygens (including phenoxy) is 1. The molecular weight excluding hydrogens is 300 g/mol. The lowest BCUT2D eigenvalue weighted by Gasteiger charge is -2.45. The Morgan fingerprint density at radius 2 is 2.00 bits per heavy atom. The van der Waals surface area contributed by atoms with Crippen molar-refractivity contribution >= 4 is 12.0 Å². The standard InChI is InChI=1S/C20H30N2O2/c1-15-7-6-8-18(11-15)9-10-19(23)21-14-20(4,5)22-12-16(2)24-17(3)13-22/h6-11,16-17H,12-14H2,1-5H3,(H,21,23)/b10-9+/t16-,17-/m1/s1. The Hall–Kier alpha value is -1.65. The van der Waals surface area contributed by atoms with Gasteiger partial charge in [0.05, 0.1) is 12.2 Å². The molecule has 1 aromatic rings. The molecule has 0 aliphatic carbocycles. The number of morpholine rings is 1. The van der Waals surface area contributed by atoms with Crippen LogP contribution in [0.2, 0.25) is 0 Å². The summed E-state index contributed by atoms with van der Waals surface area (Å²) in [5, 5.41) is 3.03. The number of carbonyl (C=O) groups excluding carboxylic acids is 1. The highest BCUT2D eigenvalue weighted by Crippen LogP contribution is 2.20. The van der Waals surface area contributed by atoms with Gasteiger partial charge in [0.2, 0.25) is 5.91 Å². The quantitative estimate of drug-likeness (QED) is 0.844. The van der Waals surface area contributed by atoms with E-state index in [2.05, 4.69) is 44.0 Å². The van der Waals surface area contributed by atoms with Crippen LogP contribution in [-0.4, -0.2) is 48.2 Å². The molecule has 0 spiro atoms. The number of hydrogen-bond donors (Lipinski definition) is 1. The normalized spacial score (nSPS) is 22.7. The molecule has 0 bridgehead atoms. The largest absolute Gasteiger partial charge is 0.373 e. The van der Waals surface area contributed by atoms with Crippen LogP contribution in [-0.2, 0) is 9.53 Å². The SMILES string of the molecule is Cc1cccc(/C=C/C(=O)NCC(C)(C)N2C[C@@H](C)O[C@H](C)C2)c1. The van der Waals surface area contributed by atoms with E-state index in [1.165, 1.54) is 5.56 Å². The summed E-state index contributed by atoms with van der Waals surface area (Å²) in [4.78, 5) is 14.5. The van der Waals surface area contributed by atoms with Gasteiger partial charge in [0.15, 0.2) is 0 Å². The van der Waals surface area contributed by atoms with Crippen LogP contribution in [0.1, 0.15) is 38.8 Å². The summed E-state index contributed by atoms with van der Waals surface area (Å²) in [7, 11) is 0. The molecule has 0 aromatic heterocycles. The molecule has 1 N–H and O–H groups in total. The zero-order valence-corrected chi connectivity index (χ0v) is 15.5. The Kier molecular flexibility index (Phi) is 6.19. The topological polar surface area (TPSA) is 41.6 Å². The van der Waals surface area contributed by atoms with E-state index in [1.54, 1.807) is 6.08 Å². The van der Waals surface area contributed by atoms with E-state index in [9.17, 15) is 4.79 Å². The van der Waals surface area contributed by atoms with Gasteiger partial charge in [-0.15, -0.1) is 0 Å². The van der Waals surface area contributed by atoms with Gasteiger partial charge in [0.1, 0.15) is 0 Å². The number of nitrogens with zero attached hydrogens (tertiary/aromatic N) is 1. The summed E-state index contributed by atoms with van der Waals surface area (Å²) >= 11 is 0. The molecule has 1 fully saturated rings. The van der Waals surface area contributed by atoms with Crippen molar-refractivity contribution in [3.05, 3.63) is 41.5 Å². The van der Waals surface area contributed by atoms with Crippen molar-refractivity contribution in [2.45, 2.75) is 52.4 Å². The molecule has 1 aliphatic heterocycles. The molecule has 1 heterocycles. The fourth-order valence-electron chi connectivity index (χ4n) is 3.09. The lowest BCUT2D eigenvalue weighted by Crippen LogP contribution is -2.58.